The van der Waals surface area contributed by atoms with Crippen LogP contribution in [0.5, 0.6) is 0 Å². The lowest BCUT2D eigenvalue weighted by Crippen LogP contribution is -2.33. The fraction of sp³-hybridized carbons (Fsp3) is 0.400. The first-order valence-corrected chi connectivity index (χ1v) is 14.5. The molecule has 0 spiro atoms. The van der Waals surface area contributed by atoms with Crippen molar-refractivity contribution in [2.45, 2.75) is 51.7 Å². The third-order valence-corrected chi connectivity index (χ3v) is 11.3. The number of ether oxygens (including phenoxy) is 2. The van der Waals surface area contributed by atoms with Crippen molar-refractivity contribution in [2.24, 2.45) is 5.92 Å². The Morgan fingerprint density at radius 1 is 0.788 bits per heavy atom. The van der Waals surface area contributed by atoms with E-state index >= 15 is 0 Å². The molecule has 4 rings (SSSR count). The average Bonchev–Trinajstić information content (AvgIpc) is 2.90. The van der Waals surface area contributed by atoms with Crippen molar-refractivity contribution >= 4 is 23.2 Å². The van der Waals surface area contributed by atoms with Gasteiger partial charge in [0.05, 0.1) is 12.8 Å². The monoisotopic (exact) mass is 461 g/mol. The van der Waals surface area contributed by atoms with Gasteiger partial charge in [-0.25, -0.2) is 0 Å². The Balaban J connectivity index is 1.46. The van der Waals surface area contributed by atoms with E-state index in [2.05, 4.69) is 97.9 Å². The van der Waals surface area contributed by atoms with Gasteiger partial charge >= 0.3 is 0 Å². The standard InChI is InChI=1S/C30H38O2P/c1-26(25-32-30-22-11-13-23-31-30)15-12-14-24-33(27-16-5-2-6-17-27,28-18-7-3-8-19-28)29-20-9-4-10-21-29/h2-10,16-21,26,30H,11-15,22-25H2,1H3/q+1/t26-,30?/m0/s1. The maximum atomic E-state index is 6.04. The molecule has 0 amide bonds. The van der Waals surface area contributed by atoms with Crippen LogP contribution in [0.2, 0.25) is 0 Å². The maximum Gasteiger partial charge on any atom is 0.157 e. The van der Waals surface area contributed by atoms with Gasteiger partial charge in [-0.05, 0) is 80.8 Å². The zero-order valence-corrected chi connectivity index (χ0v) is 20.8. The van der Waals surface area contributed by atoms with Crippen molar-refractivity contribution in [2.75, 3.05) is 19.4 Å². The Bertz CT molecular complexity index is 827. The molecule has 1 fully saturated rings. The second-order valence-electron chi connectivity index (χ2n) is 9.27. The van der Waals surface area contributed by atoms with E-state index in [0.29, 0.717) is 5.92 Å². The van der Waals surface area contributed by atoms with Gasteiger partial charge in [0.15, 0.2) is 6.29 Å². The van der Waals surface area contributed by atoms with Crippen LogP contribution in [0.4, 0.5) is 0 Å². The Labute approximate surface area is 200 Å². The number of hydrogen-bond acceptors (Lipinski definition) is 2. The summed E-state index contributed by atoms with van der Waals surface area (Å²) in [6.07, 6.45) is 8.31. The summed E-state index contributed by atoms with van der Waals surface area (Å²) in [6, 6.07) is 33.6. The van der Waals surface area contributed by atoms with Gasteiger partial charge in [0.25, 0.3) is 0 Å². The van der Waals surface area contributed by atoms with Gasteiger partial charge in [-0.3, -0.25) is 0 Å². The molecule has 0 radical (unpaired) electrons. The van der Waals surface area contributed by atoms with Crippen LogP contribution in [0.1, 0.15) is 45.4 Å². The van der Waals surface area contributed by atoms with Crippen molar-refractivity contribution < 1.29 is 9.47 Å². The Kier molecular flexibility index (Phi) is 9.12. The van der Waals surface area contributed by atoms with Gasteiger partial charge in [0, 0.05) is 6.61 Å². The molecule has 2 atom stereocenters. The lowest BCUT2D eigenvalue weighted by Gasteiger charge is -2.28. The predicted octanol–water partition coefficient (Wildman–Crippen LogP) is 6.33. The van der Waals surface area contributed by atoms with E-state index in [9.17, 15) is 0 Å². The molecule has 0 aromatic heterocycles. The van der Waals surface area contributed by atoms with Crippen LogP contribution in [0.25, 0.3) is 0 Å². The molecule has 1 heterocycles. The van der Waals surface area contributed by atoms with Gasteiger partial charge in [-0.15, -0.1) is 0 Å². The molecular formula is C30H38O2P+. The summed E-state index contributed by atoms with van der Waals surface area (Å²) in [4.78, 5) is 0. The van der Waals surface area contributed by atoms with E-state index in [1.54, 1.807) is 0 Å². The van der Waals surface area contributed by atoms with E-state index in [1.165, 1.54) is 54.2 Å². The zero-order chi connectivity index (χ0) is 22.8. The van der Waals surface area contributed by atoms with E-state index in [1.807, 2.05) is 0 Å². The molecule has 33 heavy (non-hydrogen) atoms. The average molecular weight is 462 g/mol. The SMILES string of the molecule is C[C@@H](CCCC[P+](c1ccccc1)(c1ccccc1)c1ccccc1)COC1CCCCO1. The lowest BCUT2D eigenvalue weighted by atomic mass is 10.1. The zero-order valence-electron chi connectivity index (χ0n) is 19.9. The third-order valence-electron chi connectivity index (χ3n) is 6.74. The molecule has 0 saturated carbocycles. The number of benzene rings is 3. The second kappa shape index (κ2) is 12.5. The maximum absolute atomic E-state index is 6.04. The molecule has 1 saturated heterocycles. The molecule has 3 heteroatoms. The van der Waals surface area contributed by atoms with Crippen LogP contribution in [-0.4, -0.2) is 25.7 Å². The first-order chi connectivity index (χ1) is 16.3. The van der Waals surface area contributed by atoms with E-state index in [-0.39, 0.29) is 6.29 Å². The molecular weight excluding hydrogens is 423 g/mol. The summed E-state index contributed by atoms with van der Waals surface area (Å²) < 4.78 is 11.8. The molecule has 0 aliphatic carbocycles. The molecule has 174 valence electrons. The van der Waals surface area contributed by atoms with Gasteiger partial charge in [0.1, 0.15) is 23.2 Å². The minimum Gasteiger partial charge on any atom is -0.353 e. The molecule has 1 aliphatic rings. The topological polar surface area (TPSA) is 18.5 Å². The highest BCUT2D eigenvalue weighted by Gasteiger charge is 2.44. The van der Waals surface area contributed by atoms with E-state index in [0.717, 1.165) is 19.6 Å². The molecule has 1 unspecified atom stereocenters. The van der Waals surface area contributed by atoms with Crippen LogP contribution in [-0.2, 0) is 9.47 Å². The van der Waals surface area contributed by atoms with Crippen molar-refractivity contribution in [3.05, 3.63) is 91.0 Å². The molecule has 0 bridgehead atoms. The summed E-state index contributed by atoms with van der Waals surface area (Å²) >= 11 is 0. The van der Waals surface area contributed by atoms with Crippen LogP contribution < -0.4 is 15.9 Å². The first kappa shape index (κ1) is 24.1. The van der Waals surface area contributed by atoms with Crippen molar-refractivity contribution in [1.29, 1.82) is 0 Å². The number of rotatable bonds is 11. The largest absolute Gasteiger partial charge is 0.353 e. The Morgan fingerprint density at radius 2 is 1.33 bits per heavy atom. The Morgan fingerprint density at radius 3 is 1.82 bits per heavy atom. The van der Waals surface area contributed by atoms with Crippen molar-refractivity contribution in [1.82, 2.24) is 0 Å². The smallest absolute Gasteiger partial charge is 0.157 e. The van der Waals surface area contributed by atoms with Crippen molar-refractivity contribution in [3.63, 3.8) is 0 Å². The van der Waals surface area contributed by atoms with E-state index < -0.39 is 7.26 Å². The number of hydrogen-bond donors (Lipinski definition) is 0. The first-order valence-electron chi connectivity index (χ1n) is 12.6. The molecule has 2 nitrogen and oxygen atoms in total. The van der Waals surface area contributed by atoms with Crippen LogP contribution in [0, 0.1) is 5.92 Å². The minimum atomic E-state index is -1.70. The lowest BCUT2D eigenvalue weighted by molar-refractivity contribution is -0.168. The summed E-state index contributed by atoms with van der Waals surface area (Å²) in [6.45, 7) is 3.97. The van der Waals surface area contributed by atoms with Gasteiger partial charge in [-0.2, -0.15) is 0 Å². The highest BCUT2D eigenvalue weighted by atomic mass is 31.2. The minimum absolute atomic E-state index is 0.0222. The van der Waals surface area contributed by atoms with Gasteiger partial charge < -0.3 is 9.47 Å². The van der Waals surface area contributed by atoms with Gasteiger partial charge in [-0.1, -0.05) is 61.5 Å². The van der Waals surface area contributed by atoms with Crippen LogP contribution in [0.15, 0.2) is 91.0 Å². The molecule has 3 aromatic carbocycles. The highest BCUT2D eigenvalue weighted by molar-refractivity contribution is 7.95. The van der Waals surface area contributed by atoms with Crippen LogP contribution in [0.3, 0.4) is 0 Å². The summed E-state index contributed by atoms with van der Waals surface area (Å²) in [5, 5.41) is 4.44. The molecule has 3 aromatic rings. The normalized spacial score (nSPS) is 17.5. The van der Waals surface area contributed by atoms with Crippen LogP contribution >= 0.6 is 7.26 Å². The molecule has 0 N–H and O–H groups in total. The quantitative estimate of drug-likeness (QED) is 0.245. The predicted molar refractivity (Wildman–Crippen MR) is 143 cm³/mol. The Hall–Kier alpha value is -1.99. The highest BCUT2D eigenvalue weighted by Crippen LogP contribution is 2.56. The summed E-state index contributed by atoms with van der Waals surface area (Å²) in [7, 11) is -1.70. The second-order valence-corrected chi connectivity index (χ2v) is 12.9. The fourth-order valence-electron chi connectivity index (χ4n) is 4.92. The summed E-state index contributed by atoms with van der Waals surface area (Å²) in [5.41, 5.74) is 0. The fourth-order valence-corrected chi connectivity index (χ4v) is 9.33. The number of unbranched alkanes of at least 4 members (excludes halogenated alkanes) is 1. The summed E-state index contributed by atoms with van der Waals surface area (Å²) in [5.74, 6) is 0.563. The van der Waals surface area contributed by atoms with Gasteiger partial charge in [0.2, 0.25) is 0 Å². The molecule has 1 aliphatic heterocycles. The van der Waals surface area contributed by atoms with Crippen molar-refractivity contribution in [3.8, 4) is 0 Å². The third kappa shape index (κ3) is 6.33. The van der Waals surface area contributed by atoms with E-state index in [4.69, 9.17) is 9.47 Å².